The first-order chi connectivity index (χ1) is 8.24. The minimum atomic E-state index is 0.112. The summed E-state index contributed by atoms with van der Waals surface area (Å²) in [6.07, 6.45) is 1.15. The molecule has 3 atom stereocenters. The van der Waals surface area contributed by atoms with E-state index in [1.54, 1.807) is 12.1 Å². The first-order valence-electron chi connectivity index (χ1n) is 5.91. The summed E-state index contributed by atoms with van der Waals surface area (Å²) in [5.74, 6) is 1.43. The van der Waals surface area contributed by atoms with Crippen molar-refractivity contribution >= 4 is 11.6 Å². The van der Waals surface area contributed by atoms with Crippen LogP contribution < -0.4 is 10.6 Å². The summed E-state index contributed by atoms with van der Waals surface area (Å²) in [5.41, 5.74) is 0. The number of hydrogen-bond acceptors (Lipinski definition) is 6. The molecule has 1 aromatic heterocycles. The molecule has 6 heteroatoms. The topological polar surface area (TPSA) is 79.3 Å². The number of rotatable bonds is 5. The van der Waals surface area contributed by atoms with Crippen LogP contribution in [0, 0.1) is 10.8 Å². The highest BCUT2D eigenvalue weighted by molar-refractivity contribution is 5.40. The number of aromatic nitrogens is 2. The maximum absolute atomic E-state index is 10.2. The van der Waals surface area contributed by atoms with Gasteiger partial charge in [-0.2, -0.15) is 0 Å². The van der Waals surface area contributed by atoms with Crippen LogP contribution in [0.15, 0.2) is 17.3 Å². The van der Waals surface area contributed by atoms with E-state index in [9.17, 15) is 4.91 Å². The van der Waals surface area contributed by atoms with Gasteiger partial charge < -0.3 is 10.6 Å². The molecule has 1 aromatic rings. The molecule has 0 spiro atoms. The van der Waals surface area contributed by atoms with Gasteiger partial charge in [-0.15, -0.1) is 15.1 Å². The lowest BCUT2D eigenvalue weighted by Crippen LogP contribution is -2.63. The summed E-state index contributed by atoms with van der Waals surface area (Å²) in [6, 6.07) is 4.16. The number of anilines is 1. The Morgan fingerprint density at radius 1 is 1.59 bits per heavy atom. The van der Waals surface area contributed by atoms with Crippen LogP contribution in [0.1, 0.15) is 20.3 Å². The van der Waals surface area contributed by atoms with Gasteiger partial charge in [-0.05, 0) is 23.2 Å². The largest absolute Gasteiger partial charge is 0.363 e. The number of nitrogens with zero attached hydrogens (tertiary/aromatic N) is 3. The smallest absolute Gasteiger partial charge is 0.218 e. The zero-order chi connectivity index (χ0) is 12.3. The molecular formula is C11H17N5O. The third-order valence-electron chi connectivity index (χ3n) is 3.34. The van der Waals surface area contributed by atoms with Crippen LogP contribution in [0.5, 0.6) is 0 Å². The summed E-state index contributed by atoms with van der Waals surface area (Å²) in [6.45, 7) is 5.35. The molecule has 1 aliphatic heterocycles. The molecule has 0 bridgehead atoms. The fraction of sp³-hybridized carbons (Fsp3) is 0.636. The summed E-state index contributed by atoms with van der Waals surface area (Å²) >= 11 is 0. The zero-order valence-electron chi connectivity index (χ0n) is 10.1. The normalized spacial score (nSPS) is 24.8. The van der Waals surface area contributed by atoms with Crippen LogP contribution in [-0.4, -0.2) is 28.8 Å². The van der Waals surface area contributed by atoms with Crippen LogP contribution in [0.3, 0.4) is 0 Å². The Bertz CT molecular complexity index is 380. The number of nitroso groups, excluding NO2 is 1. The Labute approximate surface area is 100 Å². The SMILES string of the molecule is CC[C@H](C)C1NC[C@H]1Nc1ccc(N=O)nn1. The van der Waals surface area contributed by atoms with Gasteiger partial charge in [0.1, 0.15) is 5.82 Å². The van der Waals surface area contributed by atoms with E-state index in [0.29, 0.717) is 23.8 Å². The molecule has 2 heterocycles. The van der Waals surface area contributed by atoms with Crippen molar-refractivity contribution in [2.75, 3.05) is 11.9 Å². The molecule has 1 aliphatic rings. The van der Waals surface area contributed by atoms with E-state index in [1.165, 1.54) is 0 Å². The second-order valence-electron chi connectivity index (χ2n) is 4.44. The van der Waals surface area contributed by atoms with Gasteiger partial charge in [0.05, 0.1) is 6.04 Å². The second-order valence-corrected chi connectivity index (χ2v) is 4.44. The first kappa shape index (κ1) is 11.9. The molecule has 0 aliphatic carbocycles. The van der Waals surface area contributed by atoms with Crippen LogP contribution in [-0.2, 0) is 0 Å². The van der Waals surface area contributed by atoms with Crippen LogP contribution in [0.25, 0.3) is 0 Å². The number of hydrogen-bond donors (Lipinski definition) is 2. The van der Waals surface area contributed by atoms with Crippen molar-refractivity contribution in [2.45, 2.75) is 32.4 Å². The van der Waals surface area contributed by atoms with Crippen molar-refractivity contribution in [3.05, 3.63) is 17.0 Å². The quantitative estimate of drug-likeness (QED) is 0.759. The van der Waals surface area contributed by atoms with E-state index in [2.05, 4.69) is 39.9 Å². The third-order valence-corrected chi connectivity index (χ3v) is 3.34. The maximum Gasteiger partial charge on any atom is 0.218 e. The minimum Gasteiger partial charge on any atom is -0.363 e. The van der Waals surface area contributed by atoms with Crippen molar-refractivity contribution in [1.29, 1.82) is 0 Å². The molecule has 1 saturated heterocycles. The Hall–Kier alpha value is -1.56. The average Bonchev–Trinajstić information content (AvgIpc) is 2.35. The first-order valence-corrected chi connectivity index (χ1v) is 5.91. The molecule has 0 amide bonds. The fourth-order valence-electron chi connectivity index (χ4n) is 2.01. The summed E-state index contributed by atoms with van der Waals surface area (Å²) < 4.78 is 0. The number of nitrogens with one attached hydrogen (secondary N) is 2. The van der Waals surface area contributed by atoms with Crippen LogP contribution in [0.4, 0.5) is 11.6 Å². The fourth-order valence-corrected chi connectivity index (χ4v) is 2.01. The van der Waals surface area contributed by atoms with Crippen molar-refractivity contribution in [2.24, 2.45) is 11.1 Å². The van der Waals surface area contributed by atoms with Crippen molar-refractivity contribution in [1.82, 2.24) is 15.5 Å². The Morgan fingerprint density at radius 2 is 2.41 bits per heavy atom. The highest BCUT2D eigenvalue weighted by Gasteiger charge is 2.33. The standard InChI is InChI=1S/C11H17N5O/c1-3-7(2)11-8(6-12-11)13-9-4-5-10(16-17)15-14-9/h4-5,7-8,11-12H,3,6H2,1-2H3,(H,13,14)/t7-,8+,11?/m0/s1. The molecule has 6 nitrogen and oxygen atoms in total. The van der Waals surface area contributed by atoms with Crippen molar-refractivity contribution in [3.63, 3.8) is 0 Å². The van der Waals surface area contributed by atoms with Crippen molar-refractivity contribution in [3.8, 4) is 0 Å². The molecule has 0 aromatic carbocycles. The molecular weight excluding hydrogens is 218 g/mol. The van der Waals surface area contributed by atoms with Gasteiger partial charge in [0.25, 0.3) is 0 Å². The second kappa shape index (κ2) is 5.18. The van der Waals surface area contributed by atoms with Gasteiger partial charge >= 0.3 is 0 Å². The van der Waals surface area contributed by atoms with Crippen molar-refractivity contribution < 1.29 is 0 Å². The van der Waals surface area contributed by atoms with E-state index in [0.717, 1.165) is 13.0 Å². The molecule has 2 N–H and O–H groups in total. The molecule has 17 heavy (non-hydrogen) atoms. The maximum atomic E-state index is 10.2. The zero-order valence-corrected chi connectivity index (χ0v) is 10.1. The van der Waals surface area contributed by atoms with E-state index >= 15 is 0 Å². The molecule has 1 fully saturated rings. The van der Waals surface area contributed by atoms with Gasteiger partial charge in [0.2, 0.25) is 5.82 Å². The van der Waals surface area contributed by atoms with Gasteiger partial charge in [0, 0.05) is 12.6 Å². The average molecular weight is 235 g/mol. The van der Waals surface area contributed by atoms with Gasteiger partial charge in [-0.3, -0.25) is 0 Å². The molecule has 0 saturated carbocycles. The Morgan fingerprint density at radius 3 is 2.88 bits per heavy atom. The highest BCUT2D eigenvalue weighted by Crippen LogP contribution is 2.20. The monoisotopic (exact) mass is 235 g/mol. The molecule has 92 valence electrons. The van der Waals surface area contributed by atoms with E-state index in [-0.39, 0.29) is 5.82 Å². The summed E-state index contributed by atoms with van der Waals surface area (Å²) in [4.78, 5) is 10.2. The summed E-state index contributed by atoms with van der Waals surface area (Å²) in [5, 5.41) is 17.0. The lowest BCUT2D eigenvalue weighted by Gasteiger charge is -2.42. The van der Waals surface area contributed by atoms with E-state index in [1.807, 2.05) is 0 Å². The third kappa shape index (κ3) is 2.58. The lowest BCUT2D eigenvalue weighted by atomic mass is 9.87. The van der Waals surface area contributed by atoms with E-state index in [4.69, 9.17) is 0 Å². The minimum absolute atomic E-state index is 0.112. The van der Waals surface area contributed by atoms with Crippen LogP contribution in [0.2, 0.25) is 0 Å². The van der Waals surface area contributed by atoms with Gasteiger partial charge in [-0.25, -0.2) is 0 Å². The highest BCUT2D eigenvalue weighted by atomic mass is 16.3. The summed E-state index contributed by atoms with van der Waals surface area (Å²) in [7, 11) is 0. The van der Waals surface area contributed by atoms with Crippen LogP contribution >= 0.6 is 0 Å². The predicted octanol–water partition coefficient (Wildman–Crippen LogP) is 1.67. The molecule has 1 unspecified atom stereocenters. The van der Waals surface area contributed by atoms with Gasteiger partial charge in [-0.1, -0.05) is 20.3 Å². The predicted molar refractivity (Wildman–Crippen MR) is 66.1 cm³/mol. The van der Waals surface area contributed by atoms with E-state index < -0.39 is 0 Å². The lowest BCUT2D eigenvalue weighted by molar-refractivity contribution is 0.242. The molecule has 2 rings (SSSR count). The Balaban J connectivity index is 1.94. The molecule has 0 radical (unpaired) electrons. The Kier molecular flexibility index (Phi) is 3.63. The van der Waals surface area contributed by atoms with Gasteiger partial charge in [0.15, 0.2) is 0 Å².